The maximum Gasteiger partial charge on any atom is 0.0589 e. The van der Waals surface area contributed by atoms with Crippen molar-refractivity contribution in [1.82, 2.24) is 4.90 Å². The van der Waals surface area contributed by atoms with Gasteiger partial charge in [-0.2, -0.15) is 0 Å². The zero-order valence-corrected chi connectivity index (χ0v) is 9.15. The van der Waals surface area contributed by atoms with E-state index in [1.807, 2.05) is 6.08 Å². The molecule has 0 fully saturated rings. The molecule has 0 spiro atoms. The van der Waals surface area contributed by atoms with Gasteiger partial charge in [-0.25, -0.2) is 0 Å². The van der Waals surface area contributed by atoms with Gasteiger partial charge in [-0.05, 0) is 19.4 Å². The number of aliphatic hydroxyl groups excluding tert-OH is 2. The highest BCUT2D eigenvalue weighted by atomic mass is 16.3. The monoisotopic (exact) mass is 201 g/mol. The van der Waals surface area contributed by atoms with Gasteiger partial charge < -0.3 is 10.2 Å². The predicted molar refractivity (Wildman–Crippen MR) is 59.3 cm³/mol. The van der Waals surface area contributed by atoms with E-state index in [1.54, 1.807) is 0 Å². The summed E-state index contributed by atoms with van der Waals surface area (Å²) in [6.45, 7) is 7.67. The zero-order chi connectivity index (χ0) is 10.8. The van der Waals surface area contributed by atoms with Gasteiger partial charge in [-0.1, -0.05) is 19.4 Å². The topological polar surface area (TPSA) is 43.7 Å². The first-order chi connectivity index (χ1) is 6.79. The van der Waals surface area contributed by atoms with Crippen molar-refractivity contribution in [3.8, 4) is 0 Å². The summed E-state index contributed by atoms with van der Waals surface area (Å²) in [7, 11) is 0. The lowest BCUT2D eigenvalue weighted by molar-refractivity contribution is 0.101. The summed E-state index contributed by atoms with van der Waals surface area (Å²) < 4.78 is 0. The average molecular weight is 201 g/mol. The molecule has 3 heteroatoms. The van der Waals surface area contributed by atoms with Gasteiger partial charge in [0.2, 0.25) is 0 Å². The largest absolute Gasteiger partial charge is 0.395 e. The highest BCUT2D eigenvalue weighted by Gasteiger charge is 2.14. The summed E-state index contributed by atoms with van der Waals surface area (Å²) in [4.78, 5) is 2.13. The van der Waals surface area contributed by atoms with Crippen molar-refractivity contribution >= 4 is 0 Å². The van der Waals surface area contributed by atoms with Gasteiger partial charge in [0.1, 0.15) is 0 Å². The average Bonchev–Trinajstić information content (AvgIpc) is 2.21. The molecule has 3 nitrogen and oxygen atoms in total. The van der Waals surface area contributed by atoms with Crippen molar-refractivity contribution in [1.29, 1.82) is 0 Å². The van der Waals surface area contributed by atoms with Gasteiger partial charge >= 0.3 is 0 Å². The minimum absolute atomic E-state index is 0.117. The SMILES string of the molecule is C=CCC(CO)N(CCO)CCCC. The molecule has 0 aliphatic heterocycles. The van der Waals surface area contributed by atoms with Crippen LogP contribution in [0.5, 0.6) is 0 Å². The summed E-state index contributed by atoms with van der Waals surface area (Å²) in [6, 6.07) is 0.117. The van der Waals surface area contributed by atoms with E-state index in [0.717, 1.165) is 25.8 Å². The molecular formula is C11H23NO2. The standard InChI is InChI=1S/C11H23NO2/c1-3-5-7-12(8-9-13)11(10-14)6-4-2/h4,11,13-14H,2-3,5-10H2,1H3. The van der Waals surface area contributed by atoms with Crippen LogP contribution in [0, 0.1) is 0 Å². The summed E-state index contributed by atoms with van der Waals surface area (Å²) >= 11 is 0. The summed E-state index contributed by atoms with van der Waals surface area (Å²) in [6.07, 6.45) is 4.83. The van der Waals surface area contributed by atoms with Crippen LogP contribution in [0.3, 0.4) is 0 Å². The fraction of sp³-hybridized carbons (Fsp3) is 0.818. The van der Waals surface area contributed by atoms with Crippen LogP contribution in [0.1, 0.15) is 26.2 Å². The molecule has 0 aromatic heterocycles. The molecule has 0 radical (unpaired) electrons. The quantitative estimate of drug-likeness (QED) is 0.547. The zero-order valence-electron chi connectivity index (χ0n) is 9.15. The normalized spacial score (nSPS) is 13.1. The number of aliphatic hydroxyl groups is 2. The lowest BCUT2D eigenvalue weighted by Gasteiger charge is -2.29. The number of unbranched alkanes of at least 4 members (excludes halogenated alkanes) is 1. The van der Waals surface area contributed by atoms with E-state index in [0.29, 0.717) is 6.54 Å². The second kappa shape index (κ2) is 9.19. The lowest BCUT2D eigenvalue weighted by atomic mass is 10.1. The molecule has 1 unspecified atom stereocenters. The predicted octanol–water partition coefficient (Wildman–Crippen LogP) is 1.02. The number of nitrogens with zero attached hydrogens (tertiary/aromatic N) is 1. The third-order valence-electron chi connectivity index (χ3n) is 2.35. The first-order valence-corrected chi connectivity index (χ1v) is 5.36. The highest BCUT2D eigenvalue weighted by molar-refractivity contribution is 4.79. The van der Waals surface area contributed by atoms with E-state index >= 15 is 0 Å². The molecule has 2 N–H and O–H groups in total. The molecule has 0 aromatic carbocycles. The van der Waals surface area contributed by atoms with Crippen molar-refractivity contribution in [3.63, 3.8) is 0 Å². The second-order valence-corrected chi connectivity index (χ2v) is 3.47. The van der Waals surface area contributed by atoms with E-state index in [2.05, 4.69) is 18.4 Å². The van der Waals surface area contributed by atoms with Gasteiger partial charge in [0, 0.05) is 12.6 Å². The first kappa shape index (κ1) is 13.6. The van der Waals surface area contributed by atoms with Crippen LogP contribution in [0.25, 0.3) is 0 Å². The molecule has 0 amide bonds. The molecule has 84 valence electrons. The molecule has 0 heterocycles. The summed E-state index contributed by atoms with van der Waals surface area (Å²) in [5.74, 6) is 0. The van der Waals surface area contributed by atoms with E-state index < -0.39 is 0 Å². The highest BCUT2D eigenvalue weighted by Crippen LogP contribution is 2.06. The Hall–Kier alpha value is -0.380. The van der Waals surface area contributed by atoms with E-state index in [1.165, 1.54) is 0 Å². The maximum absolute atomic E-state index is 9.18. The Labute approximate surface area is 87.0 Å². The summed E-state index contributed by atoms with van der Waals surface area (Å²) in [5.41, 5.74) is 0. The van der Waals surface area contributed by atoms with Gasteiger partial charge in [-0.3, -0.25) is 4.90 Å². The van der Waals surface area contributed by atoms with E-state index in [4.69, 9.17) is 5.11 Å². The fourth-order valence-electron chi connectivity index (χ4n) is 1.50. The Morgan fingerprint density at radius 2 is 2.07 bits per heavy atom. The molecule has 0 saturated carbocycles. The van der Waals surface area contributed by atoms with Crippen molar-refractivity contribution < 1.29 is 10.2 Å². The Kier molecular flexibility index (Phi) is 8.94. The minimum Gasteiger partial charge on any atom is -0.395 e. The third-order valence-corrected chi connectivity index (χ3v) is 2.35. The van der Waals surface area contributed by atoms with Crippen LogP contribution in [-0.2, 0) is 0 Å². The minimum atomic E-state index is 0.117. The van der Waals surface area contributed by atoms with Gasteiger partial charge in [0.15, 0.2) is 0 Å². The van der Waals surface area contributed by atoms with E-state index in [-0.39, 0.29) is 19.3 Å². The number of hydrogen-bond donors (Lipinski definition) is 2. The Balaban J connectivity index is 4.03. The Morgan fingerprint density at radius 1 is 1.36 bits per heavy atom. The molecule has 14 heavy (non-hydrogen) atoms. The van der Waals surface area contributed by atoms with Crippen LogP contribution in [0.15, 0.2) is 12.7 Å². The van der Waals surface area contributed by atoms with Crippen molar-refractivity contribution in [2.45, 2.75) is 32.2 Å². The van der Waals surface area contributed by atoms with Crippen molar-refractivity contribution in [3.05, 3.63) is 12.7 Å². The molecule has 0 aromatic rings. The number of rotatable bonds is 9. The molecule has 0 saturated heterocycles. The van der Waals surface area contributed by atoms with Gasteiger partial charge in [0.05, 0.1) is 13.2 Å². The van der Waals surface area contributed by atoms with Crippen LogP contribution in [-0.4, -0.2) is 47.5 Å². The van der Waals surface area contributed by atoms with Crippen molar-refractivity contribution in [2.24, 2.45) is 0 Å². The van der Waals surface area contributed by atoms with Crippen molar-refractivity contribution in [2.75, 3.05) is 26.3 Å². The molecule has 0 aliphatic rings. The fourth-order valence-corrected chi connectivity index (χ4v) is 1.50. The molecule has 1 atom stereocenters. The molecule has 0 rings (SSSR count). The third kappa shape index (κ3) is 5.37. The Bertz CT molecular complexity index is 139. The number of hydrogen-bond acceptors (Lipinski definition) is 3. The van der Waals surface area contributed by atoms with Crippen LogP contribution in [0.2, 0.25) is 0 Å². The second-order valence-electron chi connectivity index (χ2n) is 3.47. The van der Waals surface area contributed by atoms with Crippen LogP contribution >= 0.6 is 0 Å². The molecule has 0 aliphatic carbocycles. The molecular weight excluding hydrogens is 178 g/mol. The maximum atomic E-state index is 9.18. The Morgan fingerprint density at radius 3 is 2.50 bits per heavy atom. The van der Waals surface area contributed by atoms with Gasteiger partial charge in [0.25, 0.3) is 0 Å². The van der Waals surface area contributed by atoms with Crippen LogP contribution < -0.4 is 0 Å². The summed E-state index contributed by atoms with van der Waals surface area (Å²) in [5, 5.41) is 18.1. The molecule has 0 bridgehead atoms. The first-order valence-electron chi connectivity index (χ1n) is 5.36. The van der Waals surface area contributed by atoms with E-state index in [9.17, 15) is 5.11 Å². The smallest absolute Gasteiger partial charge is 0.0589 e. The van der Waals surface area contributed by atoms with Gasteiger partial charge in [-0.15, -0.1) is 6.58 Å². The lowest BCUT2D eigenvalue weighted by Crippen LogP contribution is -2.40. The van der Waals surface area contributed by atoms with Crippen LogP contribution in [0.4, 0.5) is 0 Å².